The molecule has 2 heterocycles. The second-order valence-corrected chi connectivity index (χ2v) is 4.91. The molecular formula is C15H19N3O2. The molecule has 1 aliphatic rings. The Balaban J connectivity index is 1.68. The number of nitrogens with zero attached hydrogens (tertiary/aromatic N) is 2. The summed E-state index contributed by atoms with van der Waals surface area (Å²) in [4.78, 5) is 4.35. The van der Waals surface area contributed by atoms with Crippen molar-refractivity contribution in [3.05, 3.63) is 42.5 Å². The molecule has 0 aliphatic carbocycles. The number of aromatic nitrogens is 2. The monoisotopic (exact) mass is 273 g/mol. The minimum atomic E-state index is -0.146. The number of rotatable bonds is 4. The van der Waals surface area contributed by atoms with E-state index in [0.29, 0.717) is 13.0 Å². The van der Waals surface area contributed by atoms with Crippen molar-refractivity contribution in [2.24, 2.45) is 5.73 Å². The van der Waals surface area contributed by atoms with Gasteiger partial charge in [-0.15, -0.1) is 0 Å². The number of fused-ring (bicyclic) bond motifs is 1. The summed E-state index contributed by atoms with van der Waals surface area (Å²) < 4.78 is 13.7. The molecule has 2 N–H and O–H groups in total. The summed E-state index contributed by atoms with van der Waals surface area (Å²) >= 11 is 0. The van der Waals surface area contributed by atoms with E-state index >= 15 is 0 Å². The Labute approximate surface area is 118 Å². The van der Waals surface area contributed by atoms with Gasteiger partial charge in [-0.1, -0.05) is 12.1 Å². The van der Waals surface area contributed by atoms with Gasteiger partial charge in [0.1, 0.15) is 18.5 Å². The van der Waals surface area contributed by atoms with Crippen LogP contribution < -0.4 is 15.2 Å². The summed E-state index contributed by atoms with van der Waals surface area (Å²) in [5.41, 5.74) is 6.26. The normalized spacial score (nSPS) is 18.8. The van der Waals surface area contributed by atoms with Gasteiger partial charge in [-0.05, 0) is 19.1 Å². The van der Waals surface area contributed by atoms with Gasteiger partial charge in [0.15, 0.2) is 11.5 Å². The highest BCUT2D eigenvalue weighted by atomic mass is 16.6. The molecule has 106 valence electrons. The first-order valence-electron chi connectivity index (χ1n) is 6.92. The van der Waals surface area contributed by atoms with E-state index in [1.54, 1.807) is 6.20 Å². The van der Waals surface area contributed by atoms with E-state index in [0.717, 1.165) is 23.9 Å². The van der Waals surface area contributed by atoms with Gasteiger partial charge in [-0.2, -0.15) is 0 Å². The lowest BCUT2D eigenvalue weighted by molar-refractivity contribution is 0.0716. The highest BCUT2D eigenvalue weighted by Gasteiger charge is 2.27. The van der Waals surface area contributed by atoms with Crippen LogP contribution in [0, 0.1) is 0 Å². The smallest absolute Gasteiger partial charge is 0.161 e. The average Bonchev–Trinajstić information content (AvgIpc) is 2.94. The summed E-state index contributed by atoms with van der Waals surface area (Å²) in [5.74, 6) is 2.53. The molecular weight excluding hydrogens is 254 g/mol. The number of benzene rings is 1. The van der Waals surface area contributed by atoms with Gasteiger partial charge in [0.05, 0.1) is 6.04 Å². The van der Waals surface area contributed by atoms with Crippen LogP contribution in [0.2, 0.25) is 0 Å². The van der Waals surface area contributed by atoms with Gasteiger partial charge in [-0.3, -0.25) is 0 Å². The molecule has 20 heavy (non-hydrogen) atoms. The topological polar surface area (TPSA) is 62.3 Å². The fourth-order valence-electron chi connectivity index (χ4n) is 2.41. The van der Waals surface area contributed by atoms with E-state index in [2.05, 4.69) is 16.5 Å². The SMILES string of the molecule is CCn1ccnc1CC(N)C1COc2ccccc2O1. The van der Waals surface area contributed by atoms with Gasteiger partial charge in [0.2, 0.25) is 0 Å². The van der Waals surface area contributed by atoms with Crippen LogP contribution in [0.4, 0.5) is 0 Å². The second kappa shape index (κ2) is 5.54. The molecule has 1 aromatic heterocycles. The van der Waals surface area contributed by atoms with Crippen LogP contribution in [0.15, 0.2) is 36.7 Å². The van der Waals surface area contributed by atoms with Crippen LogP contribution in [-0.4, -0.2) is 28.3 Å². The minimum absolute atomic E-state index is 0.143. The molecule has 2 aromatic rings. The lowest BCUT2D eigenvalue weighted by Gasteiger charge is -2.30. The van der Waals surface area contributed by atoms with Crippen molar-refractivity contribution >= 4 is 0 Å². The first-order valence-corrected chi connectivity index (χ1v) is 6.92. The van der Waals surface area contributed by atoms with Crippen molar-refractivity contribution in [1.29, 1.82) is 0 Å². The molecule has 3 rings (SSSR count). The van der Waals surface area contributed by atoms with E-state index < -0.39 is 0 Å². The van der Waals surface area contributed by atoms with Gasteiger partial charge in [0.25, 0.3) is 0 Å². The van der Waals surface area contributed by atoms with E-state index in [1.807, 2.05) is 30.5 Å². The summed E-state index contributed by atoms with van der Waals surface area (Å²) in [7, 11) is 0. The number of imidazole rings is 1. The predicted molar refractivity (Wildman–Crippen MR) is 75.9 cm³/mol. The number of nitrogens with two attached hydrogens (primary N) is 1. The number of para-hydroxylation sites is 2. The molecule has 0 fully saturated rings. The van der Waals surface area contributed by atoms with Crippen molar-refractivity contribution < 1.29 is 9.47 Å². The lowest BCUT2D eigenvalue weighted by Crippen LogP contribution is -2.46. The Bertz CT molecular complexity index is 582. The first-order chi connectivity index (χ1) is 9.78. The summed E-state index contributed by atoms with van der Waals surface area (Å²) in [6, 6.07) is 7.53. The number of hydrogen-bond donors (Lipinski definition) is 1. The molecule has 1 aliphatic heterocycles. The Hall–Kier alpha value is -2.01. The van der Waals surface area contributed by atoms with E-state index in [4.69, 9.17) is 15.2 Å². The van der Waals surface area contributed by atoms with E-state index in [9.17, 15) is 0 Å². The fourth-order valence-corrected chi connectivity index (χ4v) is 2.41. The molecule has 1 aromatic carbocycles. The Morgan fingerprint density at radius 1 is 1.40 bits per heavy atom. The highest BCUT2D eigenvalue weighted by molar-refractivity contribution is 5.40. The van der Waals surface area contributed by atoms with Crippen molar-refractivity contribution in [3.63, 3.8) is 0 Å². The number of aryl methyl sites for hydroxylation is 1. The molecule has 0 radical (unpaired) electrons. The fraction of sp³-hybridized carbons (Fsp3) is 0.400. The molecule has 0 amide bonds. The quantitative estimate of drug-likeness (QED) is 0.919. The number of ether oxygens (including phenoxy) is 2. The van der Waals surface area contributed by atoms with Gasteiger partial charge < -0.3 is 19.8 Å². The lowest BCUT2D eigenvalue weighted by atomic mass is 10.1. The van der Waals surface area contributed by atoms with Gasteiger partial charge in [-0.25, -0.2) is 4.98 Å². The van der Waals surface area contributed by atoms with Crippen LogP contribution in [0.1, 0.15) is 12.7 Å². The van der Waals surface area contributed by atoms with Gasteiger partial charge >= 0.3 is 0 Å². The molecule has 5 heteroatoms. The Kier molecular flexibility index (Phi) is 3.60. The molecule has 0 bridgehead atoms. The van der Waals surface area contributed by atoms with Crippen LogP contribution in [0.3, 0.4) is 0 Å². The Morgan fingerprint density at radius 2 is 2.20 bits per heavy atom. The number of hydrogen-bond acceptors (Lipinski definition) is 4. The summed E-state index contributed by atoms with van der Waals surface area (Å²) in [6.45, 7) is 3.46. The molecule has 0 spiro atoms. The van der Waals surface area contributed by atoms with Crippen LogP contribution in [0.25, 0.3) is 0 Å². The average molecular weight is 273 g/mol. The third-order valence-corrected chi connectivity index (χ3v) is 3.57. The summed E-state index contributed by atoms with van der Waals surface area (Å²) in [5, 5.41) is 0. The largest absolute Gasteiger partial charge is 0.486 e. The van der Waals surface area contributed by atoms with Crippen LogP contribution in [0.5, 0.6) is 11.5 Å². The van der Waals surface area contributed by atoms with Crippen molar-refractivity contribution in [2.75, 3.05) is 6.61 Å². The molecule has 2 atom stereocenters. The van der Waals surface area contributed by atoms with Crippen molar-refractivity contribution in [3.8, 4) is 11.5 Å². The van der Waals surface area contributed by atoms with E-state index in [-0.39, 0.29) is 12.1 Å². The van der Waals surface area contributed by atoms with Crippen LogP contribution in [-0.2, 0) is 13.0 Å². The minimum Gasteiger partial charge on any atom is -0.486 e. The van der Waals surface area contributed by atoms with E-state index in [1.165, 1.54) is 0 Å². The third kappa shape index (κ3) is 2.49. The maximum absolute atomic E-state index is 6.26. The van der Waals surface area contributed by atoms with Crippen molar-refractivity contribution in [1.82, 2.24) is 9.55 Å². The Morgan fingerprint density at radius 3 is 3.00 bits per heavy atom. The zero-order valence-corrected chi connectivity index (χ0v) is 11.5. The van der Waals surface area contributed by atoms with Crippen molar-refractivity contribution in [2.45, 2.75) is 32.0 Å². The predicted octanol–water partition coefficient (Wildman–Crippen LogP) is 1.61. The second-order valence-electron chi connectivity index (χ2n) is 4.91. The highest BCUT2D eigenvalue weighted by Crippen LogP contribution is 2.31. The molecule has 0 saturated carbocycles. The first kappa shape index (κ1) is 13.0. The zero-order valence-electron chi connectivity index (χ0n) is 11.5. The van der Waals surface area contributed by atoms with Gasteiger partial charge in [0, 0.05) is 25.4 Å². The maximum Gasteiger partial charge on any atom is 0.161 e. The maximum atomic E-state index is 6.26. The molecule has 2 unspecified atom stereocenters. The molecule has 0 saturated heterocycles. The summed E-state index contributed by atoms with van der Waals surface area (Å²) in [6.07, 6.45) is 4.30. The standard InChI is InChI=1S/C15H19N3O2/c1-2-18-8-7-17-15(18)9-11(16)14-10-19-12-5-3-4-6-13(12)20-14/h3-8,11,14H,2,9-10,16H2,1H3. The zero-order chi connectivity index (χ0) is 13.9. The molecule has 5 nitrogen and oxygen atoms in total. The third-order valence-electron chi connectivity index (χ3n) is 3.57. The van der Waals surface area contributed by atoms with Crippen LogP contribution >= 0.6 is 0 Å².